The lowest BCUT2D eigenvalue weighted by molar-refractivity contribution is -0.133. The highest BCUT2D eigenvalue weighted by Gasteiger charge is 2.60. The fraction of sp³-hybridized carbons (Fsp3) is 0.429. The van der Waals surface area contributed by atoms with Gasteiger partial charge in [0, 0.05) is 36.1 Å². The van der Waals surface area contributed by atoms with Crippen LogP contribution < -0.4 is 4.74 Å². The zero-order valence-electron chi connectivity index (χ0n) is 20.4. The molecule has 3 amide bonds. The van der Waals surface area contributed by atoms with E-state index in [0.29, 0.717) is 13.0 Å². The van der Waals surface area contributed by atoms with Crippen LogP contribution in [0.3, 0.4) is 0 Å². The maximum atomic E-state index is 13.9. The molecule has 0 radical (unpaired) electrons. The van der Waals surface area contributed by atoms with Gasteiger partial charge < -0.3 is 14.6 Å². The second-order valence-corrected chi connectivity index (χ2v) is 10.2. The predicted octanol–water partition coefficient (Wildman–Crippen LogP) is 4.33. The van der Waals surface area contributed by atoms with Gasteiger partial charge in [0.25, 0.3) is 5.91 Å². The van der Waals surface area contributed by atoms with Crippen LogP contribution in [0.2, 0.25) is 0 Å². The minimum absolute atomic E-state index is 0.0941. The fourth-order valence-electron chi connectivity index (χ4n) is 6.22. The van der Waals surface area contributed by atoms with Crippen molar-refractivity contribution < 1.29 is 14.3 Å². The molecule has 0 unspecified atom stereocenters. The van der Waals surface area contributed by atoms with E-state index >= 15 is 0 Å². The molecule has 4 heterocycles. The normalized spacial score (nSPS) is 24.7. The van der Waals surface area contributed by atoms with Crippen LogP contribution >= 0.6 is 0 Å². The van der Waals surface area contributed by atoms with E-state index in [1.165, 1.54) is 24.2 Å². The van der Waals surface area contributed by atoms with Crippen molar-refractivity contribution in [2.75, 3.05) is 33.3 Å². The van der Waals surface area contributed by atoms with Crippen molar-refractivity contribution in [1.29, 1.82) is 0 Å². The number of benzene rings is 2. The summed E-state index contributed by atoms with van der Waals surface area (Å²) < 4.78 is 5.49. The van der Waals surface area contributed by atoms with Gasteiger partial charge >= 0.3 is 6.03 Å². The first-order chi connectivity index (χ1) is 17.0. The molecule has 2 aromatic carbocycles. The first-order valence-corrected chi connectivity index (χ1v) is 12.6. The number of urea groups is 1. The van der Waals surface area contributed by atoms with Crippen molar-refractivity contribution in [3.63, 3.8) is 0 Å². The molecule has 0 bridgehead atoms. The number of carbonyl (C=O) groups is 2. The number of methoxy groups -OCH3 is 1. The highest BCUT2D eigenvalue weighted by atomic mass is 16.5. The summed E-state index contributed by atoms with van der Waals surface area (Å²) in [6, 6.07) is 15.5. The molecular weight excluding hydrogens is 440 g/mol. The summed E-state index contributed by atoms with van der Waals surface area (Å²) in [6.45, 7) is 5.20. The third-order valence-electron chi connectivity index (χ3n) is 8.08. The number of hydrogen-bond donors (Lipinski definition) is 1. The smallest absolute Gasteiger partial charge is 0.328 e. The number of hydrogen-bond acceptors (Lipinski definition) is 4. The molecular formula is C28H32N4O3. The number of piperidine rings is 1. The Morgan fingerprint density at radius 1 is 1.03 bits per heavy atom. The topological polar surface area (TPSA) is 68.9 Å². The van der Waals surface area contributed by atoms with Crippen molar-refractivity contribution >= 4 is 22.8 Å². The van der Waals surface area contributed by atoms with Gasteiger partial charge in [-0.25, -0.2) is 4.79 Å². The number of fused-ring (bicyclic) bond motifs is 4. The van der Waals surface area contributed by atoms with E-state index in [9.17, 15) is 9.59 Å². The lowest BCUT2D eigenvalue weighted by atomic mass is 9.81. The first-order valence-electron chi connectivity index (χ1n) is 12.6. The van der Waals surface area contributed by atoms with Crippen molar-refractivity contribution in [2.24, 2.45) is 0 Å². The molecule has 182 valence electrons. The van der Waals surface area contributed by atoms with Crippen LogP contribution in [0, 0.1) is 0 Å². The molecule has 7 heteroatoms. The van der Waals surface area contributed by atoms with Gasteiger partial charge in [-0.05, 0) is 62.2 Å². The molecule has 0 saturated carbocycles. The standard InChI is InChI=1S/C28H32N4O3/c1-28-18-22-21-17-20(35-2)11-12-23(21)29-24(22)25(19-9-5-3-6-10-19)32(28)27(34)31(26(28)33)16-15-30-13-7-4-8-14-30/h3,5-6,9-12,17,25,29H,4,7-8,13-16,18H2,1-2H3/t25-,28+/m1/s1. The Bertz CT molecular complexity index is 1280. The Balaban J connectivity index is 1.43. The Kier molecular flexibility index (Phi) is 5.33. The van der Waals surface area contributed by atoms with E-state index < -0.39 is 5.54 Å². The van der Waals surface area contributed by atoms with Gasteiger partial charge in [-0.15, -0.1) is 0 Å². The summed E-state index contributed by atoms with van der Waals surface area (Å²) in [5.41, 5.74) is 3.12. The molecule has 7 nitrogen and oxygen atoms in total. The van der Waals surface area contributed by atoms with Gasteiger partial charge in [-0.1, -0.05) is 36.8 Å². The minimum atomic E-state index is -0.940. The zero-order chi connectivity index (χ0) is 24.2. The summed E-state index contributed by atoms with van der Waals surface area (Å²) in [5, 5.41) is 1.05. The second kappa shape index (κ2) is 8.41. The molecule has 35 heavy (non-hydrogen) atoms. The van der Waals surface area contributed by atoms with Crippen LogP contribution in [0.25, 0.3) is 10.9 Å². The molecule has 3 aromatic rings. The number of H-pyrrole nitrogens is 1. The van der Waals surface area contributed by atoms with Crippen molar-refractivity contribution in [3.05, 3.63) is 65.4 Å². The highest BCUT2D eigenvalue weighted by Crippen LogP contribution is 2.48. The Morgan fingerprint density at radius 2 is 1.80 bits per heavy atom. The Labute approximate surface area is 205 Å². The summed E-state index contributed by atoms with van der Waals surface area (Å²) in [4.78, 5) is 37.1. The summed E-state index contributed by atoms with van der Waals surface area (Å²) in [6.07, 6.45) is 4.11. The first kappa shape index (κ1) is 22.2. The number of imide groups is 1. The number of nitrogens with zero attached hydrogens (tertiary/aromatic N) is 3. The minimum Gasteiger partial charge on any atom is -0.497 e. The average molecular weight is 473 g/mol. The van der Waals surface area contributed by atoms with Gasteiger partial charge in [-0.2, -0.15) is 0 Å². The molecule has 1 N–H and O–H groups in total. The number of nitrogens with one attached hydrogen (secondary N) is 1. The lowest BCUT2D eigenvalue weighted by Gasteiger charge is -2.42. The van der Waals surface area contributed by atoms with Crippen LogP contribution in [-0.2, 0) is 11.2 Å². The van der Waals surface area contributed by atoms with E-state index in [1.54, 1.807) is 7.11 Å². The molecule has 2 saturated heterocycles. The number of ether oxygens (including phenoxy) is 1. The van der Waals surface area contributed by atoms with Gasteiger partial charge in [-0.3, -0.25) is 14.6 Å². The monoisotopic (exact) mass is 472 g/mol. The number of aromatic nitrogens is 1. The van der Waals surface area contributed by atoms with Crippen LogP contribution in [0.5, 0.6) is 5.75 Å². The van der Waals surface area contributed by atoms with Crippen molar-refractivity contribution in [3.8, 4) is 5.75 Å². The molecule has 3 aliphatic heterocycles. The van der Waals surface area contributed by atoms with E-state index in [4.69, 9.17) is 4.74 Å². The van der Waals surface area contributed by atoms with Gasteiger partial charge in [0.2, 0.25) is 0 Å². The summed E-state index contributed by atoms with van der Waals surface area (Å²) >= 11 is 0. The number of amides is 3. The van der Waals surface area contributed by atoms with Gasteiger partial charge in [0.1, 0.15) is 17.3 Å². The average Bonchev–Trinajstić information content (AvgIpc) is 3.33. The molecule has 0 aliphatic carbocycles. The number of carbonyl (C=O) groups excluding carboxylic acids is 2. The molecule has 0 spiro atoms. The zero-order valence-corrected chi connectivity index (χ0v) is 20.4. The third kappa shape index (κ3) is 3.44. The molecule has 3 aliphatic rings. The molecule has 6 rings (SSSR count). The summed E-state index contributed by atoms with van der Waals surface area (Å²) in [7, 11) is 1.66. The van der Waals surface area contributed by atoms with Crippen molar-refractivity contribution in [2.45, 2.75) is 44.2 Å². The van der Waals surface area contributed by atoms with E-state index in [0.717, 1.165) is 53.1 Å². The maximum absolute atomic E-state index is 13.9. The highest BCUT2D eigenvalue weighted by molar-refractivity contribution is 6.08. The molecule has 1 aromatic heterocycles. The SMILES string of the molecule is COc1ccc2[nH]c3c(c2c1)C[C@@]1(C)C(=O)N(CCN2CCCCC2)C(=O)N1[C@@H]3c1ccccc1. The maximum Gasteiger partial charge on any atom is 0.328 e. The summed E-state index contributed by atoms with van der Waals surface area (Å²) in [5.74, 6) is 0.684. The number of aromatic amines is 1. The molecule has 2 fully saturated rings. The lowest BCUT2D eigenvalue weighted by Crippen LogP contribution is -2.53. The van der Waals surface area contributed by atoms with E-state index in [1.807, 2.05) is 60.4 Å². The van der Waals surface area contributed by atoms with Gasteiger partial charge in [0.05, 0.1) is 7.11 Å². The van der Waals surface area contributed by atoms with E-state index in [-0.39, 0.29) is 18.0 Å². The number of rotatable bonds is 5. The van der Waals surface area contributed by atoms with Crippen LogP contribution in [0.4, 0.5) is 4.79 Å². The Morgan fingerprint density at radius 3 is 2.54 bits per heavy atom. The van der Waals surface area contributed by atoms with E-state index in [2.05, 4.69) is 9.88 Å². The second-order valence-electron chi connectivity index (χ2n) is 10.2. The van der Waals surface area contributed by atoms with Crippen LogP contribution in [0.1, 0.15) is 49.0 Å². The quantitative estimate of drug-likeness (QED) is 0.561. The molecule has 2 atom stereocenters. The van der Waals surface area contributed by atoms with Gasteiger partial charge in [0.15, 0.2) is 0 Å². The predicted molar refractivity (Wildman–Crippen MR) is 134 cm³/mol. The van der Waals surface area contributed by atoms with Crippen LogP contribution in [0.15, 0.2) is 48.5 Å². The fourth-order valence-corrected chi connectivity index (χ4v) is 6.22. The number of likely N-dealkylation sites (tertiary alicyclic amines) is 1. The Hall–Kier alpha value is -3.32. The largest absolute Gasteiger partial charge is 0.497 e. The van der Waals surface area contributed by atoms with Crippen molar-refractivity contribution in [1.82, 2.24) is 19.7 Å². The third-order valence-corrected chi connectivity index (χ3v) is 8.08. The van der Waals surface area contributed by atoms with Crippen LogP contribution in [-0.4, -0.2) is 70.4 Å².